The van der Waals surface area contributed by atoms with Crippen LogP contribution in [-0.2, 0) is 11.3 Å². The predicted molar refractivity (Wildman–Crippen MR) is 74.7 cm³/mol. The van der Waals surface area contributed by atoms with Gasteiger partial charge in [-0.15, -0.1) is 0 Å². The zero-order valence-electron chi connectivity index (χ0n) is 10.8. The third-order valence-corrected chi connectivity index (χ3v) is 3.61. The minimum Gasteiger partial charge on any atom is -0.373 e. The number of benzene rings is 1. The molecule has 18 heavy (non-hydrogen) atoms. The van der Waals surface area contributed by atoms with Gasteiger partial charge in [0.2, 0.25) is 0 Å². The van der Waals surface area contributed by atoms with Gasteiger partial charge in [-0.05, 0) is 31.5 Å². The molecule has 1 heterocycles. The molecule has 0 radical (unpaired) electrons. The van der Waals surface area contributed by atoms with Crippen molar-refractivity contribution in [1.82, 2.24) is 4.90 Å². The summed E-state index contributed by atoms with van der Waals surface area (Å²) >= 11 is 6.20. The number of halogens is 1. The molecule has 1 fully saturated rings. The SMILES string of the molecule is CC1CN(Cc2ccccc2Cl)CC(CCN)O1. The molecule has 0 aromatic heterocycles. The molecule has 2 atom stereocenters. The number of nitrogens with zero attached hydrogens (tertiary/aromatic N) is 1. The number of hydrogen-bond donors (Lipinski definition) is 1. The summed E-state index contributed by atoms with van der Waals surface area (Å²) in [5.74, 6) is 0. The van der Waals surface area contributed by atoms with E-state index in [9.17, 15) is 0 Å². The monoisotopic (exact) mass is 268 g/mol. The van der Waals surface area contributed by atoms with E-state index < -0.39 is 0 Å². The second kappa shape index (κ2) is 6.53. The van der Waals surface area contributed by atoms with Gasteiger partial charge in [0.25, 0.3) is 0 Å². The fraction of sp³-hybridized carbons (Fsp3) is 0.571. The standard InChI is InChI=1S/C14H21ClN2O/c1-11-8-17(10-13(18-11)6-7-16)9-12-4-2-3-5-14(12)15/h2-5,11,13H,6-10,16H2,1H3. The highest BCUT2D eigenvalue weighted by atomic mass is 35.5. The van der Waals surface area contributed by atoms with Crippen molar-refractivity contribution in [3.8, 4) is 0 Å². The predicted octanol–water partition coefficient (Wildman–Crippen LogP) is 2.28. The molecular weight excluding hydrogens is 248 g/mol. The van der Waals surface area contributed by atoms with Crippen LogP contribution in [0, 0.1) is 0 Å². The maximum atomic E-state index is 6.20. The summed E-state index contributed by atoms with van der Waals surface area (Å²) in [7, 11) is 0. The second-order valence-electron chi connectivity index (χ2n) is 4.93. The largest absolute Gasteiger partial charge is 0.373 e. The Hall–Kier alpha value is -0.610. The first-order valence-corrected chi connectivity index (χ1v) is 6.88. The fourth-order valence-electron chi connectivity index (χ4n) is 2.48. The Kier molecular flexibility index (Phi) is 5.01. The number of nitrogens with two attached hydrogens (primary N) is 1. The first-order valence-electron chi connectivity index (χ1n) is 6.50. The van der Waals surface area contributed by atoms with Crippen molar-refractivity contribution >= 4 is 11.6 Å². The van der Waals surface area contributed by atoms with Crippen molar-refractivity contribution in [3.05, 3.63) is 34.9 Å². The highest BCUT2D eigenvalue weighted by molar-refractivity contribution is 6.31. The zero-order valence-corrected chi connectivity index (χ0v) is 11.6. The lowest BCUT2D eigenvalue weighted by atomic mass is 10.1. The van der Waals surface area contributed by atoms with E-state index in [1.54, 1.807) is 0 Å². The van der Waals surface area contributed by atoms with E-state index in [1.807, 2.05) is 18.2 Å². The molecule has 0 spiro atoms. The molecule has 1 aromatic carbocycles. The first kappa shape index (κ1) is 13.8. The van der Waals surface area contributed by atoms with E-state index in [-0.39, 0.29) is 12.2 Å². The molecule has 4 heteroatoms. The fourth-order valence-corrected chi connectivity index (χ4v) is 2.68. The maximum Gasteiger partial charge on any atom is 0.0718 e. The maximum absolute atomic E-state index is 6.20. The summed E-state index contributed by atoms with van der Waals surface area (Å²) < 4.78 is 5.87. The van der Waals surface area contributed by atoms with Crippen LogP contribution in [0.4, 0.5) is 0 Å². The van der Waals surface area contributed by atoms with Crippen LogP contribution in [-0.4, -0.2) is 36.7 Å². The summed E-state index contributed by atoms with van der Waals surface area (Å²) in [5, 5.41) is 0.840. The Morgan fingerprint density at radius 1 is 1.39 bits per heavy atom. The summed E-state index contributed by atoms with van der Waals surface area (Å²) in [6, 6.07) is 8.02. The third-order valence-electron chi connectivity index (χ3n) is 3.24. The normalized spacial score (nSPS) is 25.3. The lowest BCUT2D eigenvalue weighted by molar-refractivity contribution is -0.0809. The van der Waals surface area contributed by atoms with Crippen molar-refractivity contribution in [2.75, 3.05) is 19.6 Å². The topological polar surface area (TPSA) is 38.5 Å². The quantitative estimate of drug-likeness (QED) is 0.911. The molecule has 2 N–H and O–H groups in total. The number of ether oxygens (including phenoxy) is 1. The molecule has 2 rings (SSSR count). The van der Waals surface area contributed by atoms with Crippen LogP contribution in [0.5, 0.6) is 0 Å². The van der Waals surface area contributed by atoms with Crippen LogP contribution < -0.4 is 5.73 Å². The van der Waals surface area contributed by atoms with Gasteiger partial charge in [0, 0.05) is 24.7 Å². The molecule has 0 aliphatic carbocycles. The highest BCUT2D eigenvalue weighted by Crippen LogP contribution is 2.20. The first-order chi connectivity index (χ1) is 8.69. The number of morpholine rings is 1. The van der Waals surface area contributed by atoms with Gasteiger partial charge < -0.3 is 10.5 Å². The van der Waals surface area contributed by atoms with Crippen molar-refractivity contribution in [2.45, 2.75) is 32.1 Å². The van der Waals surface area contributed by atoms with Gasteiger partial charge in [0.05, 0.1) is 12.2 Å². The van der Waals surface area contributed by atoms with E-state index in [0.717, 1.165) is 31.1 Å². The summed E-state index contributed by atoms with van der Waals surface area (Å²) in [6.07, 6.45) is 1.43. The van der Waals surface area contributed by atoms with E-state index in [1.165, 1.54) is 5.56 Å². The summed E-state index contributed by atoms with van der Waals surface area (Å²) in [6.45, 7) is 5.56. The molecule has 0 amide bonds. The van der Waals surface area contributed by atoms with Gasteiger partial charge in [-0.3, -0.25) is 4.90 Å². The number of rotatable bonds is 4. The van der Waals surface area contributed by atoms with Gasteiger partial charge >= 0.3 is 0 Å². The molecule has 1 aliphatic rings. The van der Waals surface area contributed by atoms with Gasteiger partial charge in [0.15, 0.2) is 0 Å². The van der Waals surface area contributed by atoms with Crippen LogP contribution in [0.1, 0.15) is 18.9 Å². The van der Waals surface area contributed by atoms with Gasteiger partial charge in [-0.25, -0.2) is 0 Å². The van der Waals surface area contributed by atoms with Crippen LogP contribution in [0.2, 0.25) is 5.02 Å². The Morgan fingerprint density at radius 2 is 2.17 bits per heavy atom. The molecular formula is C14H21ClN2O. The molecule has 1 aliphatic heterocycles. The molecule has 2 unspecified atom stereocenters. The summed E-state index contributed by atoms with van der Waals surface area (Å²) in [5.41, 5.74) is 6.79. The molecule has 3 nitrogen and oxygen atoms in total. The van der Waals surface area contributed by atoms with Crippen molar-refractivity contribution < 1.29 is 4.74 Å². The molecule has 100 valence electrons. The third kappa shape index (κ3) is 3.69. The molecule has 0 bridgehead atoms. The van der Waals surface area contributed by atoms with E-state index in [4.69, 9.17) is 22.1 Å². The average Bonchev–Trinajstić information content (AvgIpc) is 2.32. The van der Waals surface area contributed by atoms with Gasteiger partial charge in [-0.1, -0.05) is 29.8 Å². The molecule has 1 saturated heterocycles. The van der Waals surface area contributed by atoms with Gasteiger partial charge in [-0.2, -0.15) is 0 Å². The van der Waals surface area contributed by atoms with Crippen molar-refractivity contribution in [2.24, 2.45) is 5.73 Å². The Labute approximate surface area is 114 Å². The van der Waals surface area contributed by atoms with E-state index in [2.05, 4.69) is 17.9 Å². The van der Waals surface area contributed by atoms with Crippen molar-refractivity contribution in [1.29, 1.82) is 0 Å². The minimum atomic E-state index is 0.251. The number of hydrogen-bond acceptors (Lipinski definition) is 3. The second-order valence-corrected chi connectivity index (χ2v) is 5.34. The minimum absolute atomic E-state index is 0.251. The van der Waals surface area contributed by atoms with Crippen LogP contribution in [0.3, 0.4) is 0 Å². The van der Waals surface area contributed by atoms with Gasteiger partial charge in [0.1, 0.15) is 0 Å². The lowest BCUT2D eigenvalue weighted by Gasteiger charge is -2.37. The van der Waals surface area contributed by atoms with Crippen LogP contribution >= 0.6 is 11.6 Å². The van der Waals surface area contributed by atoms with Crippen molar-refractivity contribution in [3.63, 3.8) is 0 Å². The Balaban J connectivity index is 1.98. The Morgan fingerprint density at radius 3 is 2.89 bits per heavy atom. The highest BCUT2D eigenvalue weighted by Gasteiger charge is 2.24. The smallest absolute Gasteiger partial charge is 0.0718 e. The zero-order chi connectivity index (χ0) is 13.0. The van der Waals surface area contributed by atoms with E-state index in [0.29, 0.717) is 6.54 Å². The Bertz CT molecular complexity index is 386. The molecule has 1 aromatic rings. The van der Waals surface area contributed by atoms with E-state index >= 15 is 0 Å². The lowest BCUT2D eigenvalue weighted by Crippen LogP contribution is -2.46. The molecule has 0 saturated carbocycles. The van der Waals surface area contributed by atoms with Crippen LogP contribution in [0.25, 0.3) is 0 Å². The summed E-state index contributed by atoms with van der Waals surface area (Å²) in [4.78, 5) is 2.40. The van der Waals surface area contributed by atoms with Crippen LogP contribution in [0.15, 0.2) is 24.3 Å². The average molecular weight is 269 g/mol.